The Hall–Kier alpha value is -2.07. The molecule has 110 valence electrons. The molecule has 21 heavy (non-hydrogen) atoms. The average molecular weight is 307 g/mol. The highest BCUT2D eigenvalue weighted by Crippen LogP contribution is 2.13. The number of hydrogen-bond acceptors (Lipinski definition) is 1. The molecule has 0 saturated carbocycles. The standard InChI is InChI=1S/C16H16ClFN2O/c1-11-5-6-14(10-15(11)18)20-16(21)19-8-7-12-3-2-4-13(17)9-12/h2-6,9-10H,7-8H2,1H3,(H2,19,20,21). The SMILES string of the molecule is Cc1ccc(NC(=O)NCCc2cccc(Cl)c2)cc1F. The molecule has 0 heterocycles. The molecule has 0 atom stereocenters. The molecule has 2 amide bonds. The summed E-state index contributed by atoms with van der Waals surface area (Å²) >= 11 is 5.89. The first-order valence-corrected chi connectivity index (χ1v) is 6.98. The van der Waals surface area contributed by atoms with Crippen molar-refractivity contribution >= 4 is 23.3 Å². The minimum atomic E-state index is -0.361. The molecule has 2 aromatic rings. The fourth-order valence-electron chi connectivity index (χ4n) is 1.86. The van der Waals surface area contributed by atoms with E-state index < -0.39 is 0 Å². The molecule has 0 aliphatic heterocycles. The van der Waals surface area contributed by atoms with Crippen molar-refractivity contribution in [3.8, 4) is 0 Å². The van der Waals surface area contributed by atoms with Gasteiger partial charge in [0, 0.05) is 17.3 Å². The second-order valence-electron chi connectivity index (χ2n) is 4.72. The molecular formula is C16H16ClFN2O. The summed E-state index contributed by atoms with van der Waals surface area (Å²) in [5.74, 6) is -0.341. The number of nitrogens with one attached hydrogen (secondary N) is 2. The fourth-order valence-corrected chi connectivity index (χ4v) is 2.07. The number of benzene rings is 2. The Bertz CT molecular complexity index is 646. The van der Waals surface area contributed by atoms with Crippen LogP contribution in [0.3, 0.4) is 0 Å². The maximum atomic E-state index is 13.4. The Morgan fingerprint density at radius 1 is 1.24 bits per heavy atom. The smallest absolute Gasteiger partial charge is 0.319 e. The van der Waals surface area contributed by atoms with Gasteiger partial charge < -0.3 is 10.6 Å². The van der Waals surface area contributed by atoms with Gasteiger partial charge in [-0.25, -0.2) is 9.18 Å². The topological polar surface area (TPSA) is 41.1 Å². The van der Waals surface area contributed by atoms with Crippen molar-refractivity contribution in [2.24, 2.45) is 0 Å². The predicted octanol–water partition coefficient (Wildman–Crippen LogP) is 4.15. The number of aryl methyl sites for hydroxylation is 1. The number of carbonyl (C=O) groups is 1. The fraction of sp³-hybridized carbons (Fsp3) is 0.188. The van der Waals surface area contributed by atoms with Crippen molar-refractivity contribution in [1.82, 2.24) is 5.32 Å². The summed E-state index contributed by atoms with van der Waals surface area (Å²) in [7, 11) is 0. The molecule has 0 unspecified atom stereocenters. The van der Waals surface area contributed by atoms with E-state index in [0.717, 1.165) is 5.56 Å². The van der Waals surface area contributed by atoms with Gasteiger partial charge in [0.05, 0.1) is 0 Å². The molecule has 0 fully saturated rings. The normalized spacial score (nSPS) is 10.2. The zero-order valence-electron chi connectivity index (χ0n) is 11.6. The van der Waals surface area contributed by atoms with E-state index in [4.69, 9.17) is 11.6 Å². The monoisotopic (exact) mass is 306 g/mol. The molecule has 0 spiro atoms. The van der Waals surface area contributed by atoms with E-state index >= 15 is 0 Å². The van der Waals surface area contributed by atoms with Crippen LogP contribution in [0.5, 0.6) is 0 Å². The van der Waals surface area contributed by atoms with Gasteiger partial charge in [-0.05, 0) is 48.7 Å². The van der Waals surface area contributed by atoms with Gasteiger partial charge in [0.25, 0.3) is 0 Å². The quantitative estimate of drug-likeness (QED) is 0.875. The lowest BCUT2D eigenvalue weighted by Crippen LogP contribution is -2.30. The van der Waals surface area contributed by atoms with E-state index in [0.29, 0.717) is 29.2 Å². The largest absolute Gasteiger partial charge is 0.338 e. The minimum absolute atomic E-state index is 0.341. The maximum Gasteiger partial charge on any atom is 0.319 e. The number of rotatable bonds is 4. The van der Waals surface area contributed by atoms with Gasteiger partial charge in [0.2, 0.25) is 0 Å². The lowest BCUT2D eigenvalue weighted by molar-refractivity contribution is 0.252. The summed E-state index contributed by atoms with van der Waals surface area (Å²) < 4.78 is 13.4. The van der Waals surface area contributed by atoms with E-state index in [1.807, 2.05) is 18.2 Å². The summed E-state index contributed by atoms with van der Waals surface area (Å²) in [6.07, 6.45) is 0.677. The number of amides is 2. The van der Waals surface area contributed by atoms with Crippen molar-refractivity contribution in [1.29, 1.82) is 0 Å². The lowest BCUT2D eigenvalue weighted by Gasteiger charge is -2.08. The molecule has 0 aromatic heterocycles. The number of hydrogen-bond donors (Lipinski definition) is 2. The zero-order valence-corrected chi connectivity index (χ0v) is 12.4. The maximum absolute atomic E-state index is 13.4. The highest BCUT2D eigenvalue weighted by Gasteiger charge is 2.04. The molecule has 0 aliphatic rings. The first kappa shape index (κ1) is 15.3. The van der Waals surface area contributed by atoms with E-state index in [9.17, 15) is 9.18 Å². The summed E-state index contributed by atoms with van der Waals surface area (Å²) in [5.41, 5.74) is 2.02. The van der Waals surface area contributed by atoms with Gasteiger partial charge in [-0.2, -0.15) is 0 Å². The summed E-state index contributed by atoms with van der Waals surface area (Å²) in [6, 6.07) is 11.7. The van der Waals surface area contributed by atoms with Crippen molar-refractivity contribution in [2.75, 3.05) is 11.9 Å². The molecule has 3 nitrogen and oxygen atoms in total. The second kappa shape index (κ2) is 7.09. The van der Waals surface area contributed by atoms with Gasteiger partial charge in [-0.1, -0.05) is 29.8 Å². The molecule has 0 aliphatic carbocycles. The van der Waals surface area contributed by atoms with Gasteiger partial charge >= 0.3 is 6.03 Å². The highest BCUT2D eigenvalue weighted by atomic mass is 35.5. The van der Waals surface area contributed by atoms with Crippen LogP contribution in [0.2, 0.25) is 5.02 Å². The van der Waals surface area contributed by atoms with Gasteiger partial charge in [-0.15, -0.1) is 0 Å². The molecular weight excluding hydrogens is 291 g/mol. The van der Waals surface area contributed by atoms with Crippen molar-refractivity contribution < 1.29 is 9.18 Å². The van der Waals surface area contributed by atoms with Gasteiger partial charge in [-0.3, -0.25) is 0 Å². The Balaban J connectivity index is 1.81. The van der Waals surface area contributed by atoms with Crippen LogP contribution in [0.1, 0.15) is 11.1 Å². The summed E-state index contributed by atoms with van der Waals surface area (Å²) in [5, 5.41) is 5.98. The van der Waals surface area contributed by atoms with Gasteiger partial charge in [0.15, 0.2) is 0 Å². The predicted molar refractivity (Wildman–Crippen MR) is 83.3 cm³/mol. The third-order valence-corrected chi connectivity index (χ3v) is 3.25. The second-order valence-corrected chi connectivity index (χ2v) is 5.16. The summed E-state index contributed by atoms with van der Waals surface area (Å²) in [6.45, 7) is 2.14. The van der Waals surface area contributed by atoms with Crippen LogP contribution in [-0.4, -0.2) is 12.6 Å². The first-order chi connectivity index (χ1) is 10.0. The van der Waals surface area contributed by atoms with Crippen LogP contribution < -0.4 is 10.6 Å². The third kappa shape index (κ3) is 4.76. The number of urea groups is 1. The Kier molecular flexibility index (Phi) is 5.17. The molecule has 0 radical (unpaired) electrons. The Morgan fingerprint density at radius 3 is 2.76 bits per heavy atom. The average Bonchev–Trinajstić information content (AvgIpc) is 2.43. The zero-order chi connectivity index (χ0) is 15.2. The number of anilines is 1. The van der Waals surface area contributed by atoms with Crippen molar-refractivity contribution in [3.05, 3.63) is 64.4 Å². The number of carbonyl (C=O) groups excluding carboxylic acids is 1. The van der Waals surface area contributed by atoms with Crippen molar-refractivity contribution in [3.63, 3.8) is 0 Å². The van der Waals surface area contributed by atoms with E-state index in [-0.39, 0.29) is 11.8 Å². The minimum Gasteiger partial charge on any atom is -0.338 e. The van der Waals surface area contributed by atoms with Crippen LogP contribution in [0.15, 0.2) is 42.5 Å². The van der Waals surface area contributed by atoms with Crippen LogP contribution in [-0.2, 0) is 6.42 Å². The Morgan fingerprint density at radius 2 is 2.05 bits per heavy atom. The van der Waals surface area contributed by atoms with E-state index in [1.54, 1.807) is 25.1 Å². The third-order valence-electron chi connectivity index (χ3n) is 3.02. The Labute approximate surface area is 128 Å². The lowest BCUT2D eigenvalue weighted by atomic mass is 10.1. The molecule has 5 heteroatoms. The molecule has 2 aromatic carbocycles. The van der Waals surface area contributed by atoms with Crippen LogP contribution in [0, 0.1) is 12.7 Å². The van der Waals surface area contributed by atoms with Gasteiger partial charge in [0.1, 0.15) is 5.82 Å². The van der Waals surface area contributed by atoms with Crippen LogP contribution >= 0.6 is 11.6 Å². The summed E-state index contributed by atoms with van der Waals surface area (Å²) in [4.78, 5) is 11.7. The van der Waals surface area contributed by atoms with Crippen LogP contribution in [0.25, 0.3) is 0 Å². The highest BCUT2D eigenvalue weighted by molar-refractivity contribution is 6.30. The first-order valence-electron chi connectivity index (χ1n) is 6.60. The van der Waals surface area contributed by atoms with E-state index in [2.05, 4.69) is 10.6 Å². The van der Waals surface area contributed by atoms with Crippen LogP contribution in [0.4, 0.5) is 14.9 Å². The van der Waals surface area contributed by atoms with Crippen molar-refractivity contribution in [2.45, 2.75) is 13.3 Å². The molecule has 0 bridgehead atoms. The number of halogens is 2. The molecule has 2 N–H and O–H groups in total. The molecule has 0 saturated heterocycles. The molecule has 2 rings (SSSR count). The van der Waals surface area contributed by atoms with E-state index in [1.165, 1.54) is 6.07 Å².